The molecule has 74 valence electrons. The van der Waals surface area contributed by atoms with Gasteiger partial charge in [0.05, 0.1) is 17.8 Å². The maximum absolute atomic E-state index is 13.7. The van der Waals surface area contributed by atoms with Crippen molar-refractivity contribution in [1.82, 2.24) is 0 Å². The first kappa shape index (κ1) is 9.18. The van der Waals surface area contributed by atoms with Gasteiger partial charge >= 0.3 is 0 Å². The van der Waals surface area contributed by atoms with Gasteiger partial charge in [0.25, 0.3) is 0 Å². The van der Waals surface area contributed by atoms with E-state index < -0.39 is 11.9 Å². The van der Waals surface area contributed by atoms with Crippen molar-refractivity contribution in [3.8, 4) is 0 Å². The largest absolute Gasteiger partial charge is 0.464 e. The molecule has 0 fully saturated rings. The van der Waals surface area contributed by atoms with Gasteiger partial charge in [0.1, 0.15) is 11.4 Å². The van der Waals surface area contributed by atoms with E-state index in [-0.39, 0.29) is 12.1 Å². The lowest BCUT2D eigenvalue weighted by molar-refractivity contribution is 0.182. The normalized spacial score (nSPS) is 13.4. The molecule has 3 nitrogen and oxygen atoms in total. The molecule has 0 saturated carbocycles. The van der Waals surface area contributed by atoms with Gasteiger partial charge in [0, 0.05) is 12.1 Å². The maximum Gasteiger partial charge on any atom is 0.140 e. The summed E-state index contributed by atoms with van der Waals surface area (Å²) in [4.78, 5) is 0. The topological polar surface area (TPSA) is 59.4 Å². The van der Waals surface area contributed by atoms with Crippen LogP contribution in [-0.2, 0) is 0 Å². The SMILES string of the molecule is NCC(O)c1ccc2occc2c1F. The van der Waals surface area contributed by atoms with Crippen molar-refractivity contribution in [2.24, 2.45) is 5.73 Å². The molecule has 1 aromatic carbocycles. The van der Waals surface area contributed by atoms with Crippen molar-refractivity contribution < 1.29 is 13.9 Å². The van der Waals surface area contributed by atoms with Crippen molar-refractivity contribution >= 4 is 11.0 Å². The Morgan fingerprint density at radius 2 is 2.21 bits per heavy atom. The Balaban J connectivity index is 2.61. The highest BCUT2D eigenvalue weighted by Crippen LogP contribution is 2.25. The van der Waals surface area contributed by atoms with Crippen LogP contribution < -0.4 is 5.73 Å². The second kappa shape index (κ2) is 3.40. The Hall–Kier alpha value is -1.39. The average molecular weight is 195 g/mol. The smallest absolute Gasteiger partial charge is 0.140 e. The predicted molar refractivity (Wildman–Crippen MR) is 50.2 cm³/mol. The van der Waals surface area contributed by atoms with Gasteiger partial charge in [-0.3, -0.25) is 0 Å². The van der Waals surface area contributed by atoms with Crippen LogP contribution in [0, 0.1) is 5.82 Å². The Kier molecular flexibility index (Phi) is 2.23. The number of furan rings is 1. The van der Waals surface area contributed by atoms with Crippen LogP contribution in [0.2, 0.25) is 0 Å². The third kappa shape index (κ3) is 1.29. The molecule has 14 heavy (non-hydrogen) atoms. The Bertz CT molecular complexity index is 452. The number of rotatable bonds is 2. The molecule has 0 saturated heterocycles. The van der Waals surface area contributed by atoms with E-state index in [1.807, 2.05) is 0 Å². The number of nitrogens with two attached hydrogens (primary N) is 1. The van der Waals surface area contributed by atoms with Crippen LogP contribution in [-0.4, -0.2) is 11.7 Å². The standard InChI is InChI=1S/C10H10FNO2/c11-10-6(8(13)5-12)1-2-9-7(10)3-4-14-9/h1-4,8,13H,5,12H2. The summed E-state index contributed by atoms with van der Waals surface area (Å²) < 4.78 is 18.7. The molecule has 0 aliphatic rings. The fourth-order valence-electron chi connectivity index (χ4n) is 1.41. The van der Waals surface area contributed by atoms with Gasteiger partial charge in [0.2, 0.25) is 0 Å². The highest BCUT2D eigenvalue weighted by molar-refractivity contribution is 5.78. The van der Waals surface area contributed by atoms with Gasteiger partial charge in [-0.25, -0.2) is 4.39 Å². The van der Waals surface area contributed by atoms with E-state index in [1.54, 1.807) is 6.07 Å². The van der Waals surface area contributed by atoms with E-state index in [9.17, 15) is 9.50 Å². The first-order valence-electron chi connectivity index (χ1n) is 4.27. The molecular formula is C10H10FNO2. The molecule has 0 spiro atoms. The van der Waals surface area contributed by atoms with E-state index in [2.05, 4.69) is 0 Å². The van der Waals surface area contributed by atoms with Crippen LogP contribution in [0.5, 0.6) is 0 Å². The molecule has 0 bridgehead atoms. The minimum Gasteiger partial charge on any atom is -0.464 e. The van der Waals surface area contributed by atoms with Crippen molar-refractivity contribution in [2.75, 3.05) is 6.54 Å². The number of aliphatic hydroxyl groups is 1. The predicted octanol–water partition coefficient (Wildman–Crippen LogP) is 1.56. The summed E-state index contributed by atoms with van der Waals surface area (Å²) in [5.74, 6) is -0.464. The van der Waals surface area contributed by atoms with Gasteiger partial charge in [0.15, 0.2) is 0 Å². The summed E-state index contributed by atoms with van der Waals surface area (Å²) in [5, 5.41) is 9.78. The van der Waals surface area contributed by atoms with Crippen molar-refractivity contribution in [3.63, 3.8) is 0 Å². The molecule has 3 N–H and O–H groups in total. The molecule has 1 heterocycles. The number of halogens is 1. The number of aliphatic hydroxyl groups excluding tert-OH is 1. The van der Waals surface area contributed by atoms with Crippen molar-refractivity contribution in [1.29, 1.82) is 0 Å². The second-order valence-electron chi connectivity index (χ2n) is 3.05. The summed E-state index contributed by atoms with van der Waals surface area (Å²) >= 11 is 0. The first-order chi connectivity index (χ1) is 6.74. The molecule has 1 atom stereocenters. The third-order valence-electron chi connectivity index (χ3n) is 2.18. The van der Waals surface area contributed by atoms with E-state index in [0.29, 0.717) is 11.0 Å². The Labute approximate surface area is 79.9 Å². The first-order valence-corrected chi connectivity index (χ1v) is 4.27. The molecule has 2 aromatic rings. The summed E-state index contributed by atoms with van der Waals surface area (Å²) in [6.07, 6.45) is 0.445. The van der Waals surface area contributed by atoms with E-state index in [0.717, 1.165) is 0 Å². The van der Waals surface area contributed by atoms with Gasteiger partial charge in [-0.1, -0.05) is 0 Å². The van der Waals surface area contributed by atoms with E-state index >= 15 is 0 Å². The second-order valence-corrected chi connectivity index (χ2v) is 3.05. The molecule has 0 radical (unpaired) electrons. The fraction of sp³-hybridized carbons (Fsp3) is 0.200. The van der Waals surface area contributed by atoms with Crippen LogP contribution in [0.3, 0.4) is 0 Å². The van der Waals surface area contributed by atoms with Crippen molar-refractivity contribution in [2.45, 2.75) is 6.10 Å². The Morgan fingerprint density at radius 3 is 2.93 bits per heavy atom. The summed E-state index contributed by atoms with van der Waals surface area (Å²) in [5.41, 5.74) is 5.93. The van der Waals surface area contributed by atoms with Crippen LogP contribution >= 0.6 is 0 Å². The monoisotopic (exact) mass is 195 g/mol. The van der Waals surface area contributed by atoms with Crippen LogP contribution in [0.25, 0.3) is 11.0 Å². The van der Waals surface area contributed by atoms with E-state index in [4.69, 9.17) is 10.2 Å². The molecule has 1 unspecified atom stereocenters. The maximum atomic E-state index is 13.7. The number of fused-ring (bicyclic) bond motifs is 1. The van der Waals surface area contributed by atoms with Gasteiger partial charge in [-0.15, -0.1) is 0 Å². The minimum absolute atomic E-state index is 0.000276. The van der Waals surface area contributed by atoms with Gasteiger partial charge in [-0.05, 0) is 18.2 Å². The zero-order valence-corrected chi connectivity index (χ0v) is 7.40. The molecular weight excluding hydrogens is 185 g/mol. The van der Waals surface area contributed by atoms with Gasteiger partial charge < -0.3 is 15.3 Å². The molecule has 4 heteroatoms. The molecule has 0 aliphatic carbocycles. The molecule has 1 aromatic heterocycles. The lowest BCUT2D eigenvalue weighted by Crippen LogP contribution is -2.12. The number of hydrogen-bond donors (Lipinski definition) is 2. The lowest BCUT2D eigenvalue weighted by Gasteiger charge is -2.08. The Morgan fingerprint density at radius 1 is 1.43 bits per heavy atom. The minimum atomic E-state index is -0.964. The molecule has 0 amide bonds. The molecule has 0 aliphatic heterocycles. The summed E-state index contributed by atoms with van der Waals surface area (Å²) in [7, 11) is 0. The van der Waals surface area contributed by atoms with Crippen LogP contribution in [0.4, 0.5) is 4.39 Å². The highest BCUT2D eigenvalue weighted by Gasteiger charge is 2.14. The summed E-state index contributed by atoms with van der Waals surface area (Å²) in [6.45, 7) is 0.000276. The van der Waals surface area contributed by atoms with E-state index in [1.165, 1.54) is 18.4 Å². The highest BCUT2D eigenvalue weighted by atomic mass is 19.1. The number of hydrogen-bond acceptors (Lipinski definition) is 3. The van der Waals surface area contributed by atoms with Crippen molar-refractivity contribution in [3.05, 3.63) is 35.8 Å². The van der Waals surface area contributed by atoms with Crippen LogP contribution in [0.1, 0.15) is 11.7 Å². The van der Waals surface area contributed by atoms with Gasteiger partial charge in [-0.2, -0.15) is 0 Å². The van der Waals surface area contributed by atoms with Crippen LogP contribution in [0.15, 0.2) is 28.9 Å². The average Bonchev–Trinajstić information content (AvgIpc) is 2.66. The fourth-order valence-corrected chi connectivity index (χ4v) is 1.41. The molecule has 2 rings (SSSR count). The third-order valence-corrected chi connectivity index (χ3v) is 2.18. The lowest BCUT2D eigenvalue weighted by atomic mass is 10.1. The zero-order valence-electron chi connectivity index (χ0n) is 7.40. The summed E-state index contributed by atoms with van der Waals surface area (Å²) in [6, 6.07) is 4.63. The number of benzene rings is 1. The zero-order chi connectivity index (χ0) is 10.1. The quantitative estimate of drug-likeness (QED) is 0.764.